The van der Waals surface area contributed by atoms with E-state index in [1.807, 2.05) is 0 Å². The molecular weight excluding hydrogens is 277 g/mol. The van der Waals surface area contributed by atoms with Crippen molar-refractivity contribution in [2.75, 3.05) is 10.6 Å². The molecule has 0 saturated carbocycles. The van der Waals surface area contributed by atoms with Gasteiger partial charge in [0.15, 0.2) is 0 Å². The second kappa shape index (κ2) is 5.31. The Morgan fingerprint density at radius 1 is 1.05 bits per heavy atom. The molecule has 0 bridgehead atoms. The largest absolute Gasteiger partial charge is 0.416 e. The molecule has 1 heterocycles. The molecule has 0 aliphatic heterocycles. The Kier molecular flexibility index (Phi) is 3.75. The van der Waals surface area contributed by atoms with Crippen molar-refractivity contribution < 1.29 is 18.0 Å². The van der Waals surface area contributed by atoms with E-state index in [1.54, 1.807) is 17.5 Å². The fraction of sp³-hybridized carbons (Fsp3) is 0.0833. The van der Waals surface area contributed by atoms with E-state index in [0.717, 1.165) is 12.1 Å². The summed E-state index contributed by atoms with van der Waals surface area (Å²) < 4.78 is 37.0. The molecule has 0 aliphatic rings. The van der Waals surface area contributed by atoms with Gasteiger partial charge in [-0.2, -0.15) is 13.2 Å². The van der Waals surface area contributed by atoms with E-state index in [1.165, 1.54) is 23.5 Å². The molecule has 2 rings (SSSR count). The van der Waals surface area contributed by atoms with Crippen LogP contribution in [0.1, 0.15) is 5.56 Å². The summed E-state index contributed by atoms with van der Waals surface area (Å²) in [5.74, 6) is 0. The first kappa shape index (κ1) is 13.4. The molecule has 0 radical (unpaired) electrons. The number of urea groups is 1. The molecule has 3 nitrogen and oxygen atoms in total. The number of nitrogens with one attached hydrogen (secondary N) is 2. The smallest absolute Gasteiger partial charge is 0.308 e. The number of anilines is 2. The first-order chi connectivity index (χ1) is 8.95. The van der Waals surface area contributed by atoms with Gasteiger partial charge in [0.1, 0.15) is 0 Å². The van der Waals surface area contributed by atoms with Gasteiger partial charge in [0.2, 0.25) is 0 Å². The van der Waals surface area contributed by atoms with E-state index in [2.05, 4.69) is 10.6 Å². The Hall–Kier alpha value is -2.02. The first-order valence-electron chi connectivity index (χ1n) is 5.24. The van der Waals surface area contributed by atoms with E-state index >= 15 is 0 Å². The zero-order valence-corrected chi connectivity index (χ0v) is 10.3. The van der Waals surface area contributed by atoms with Crippen LogP contribution < -0.4 is 10.6 Å². The molecule has 1 aromatic heterocycles. The molecule has 19 heavy (non-hydrogen) atoms. The Morgan fingerprint density at radius 2 is 1.74 bits per heavy atom. The summed E-state index contributed by atoms with van der Waals surface area (Å²) in [6.07, 6.45) is -4.38. The number of halogens is 3. The first-order valence-corrected chi connectivity index (χ1v) is 6.12. The predicted octanol–water partition coefficient (Wildman–Crippen LogP) is 4.41. The Balaban J connectivity index is 1.98. The van der Waals surface area contributed by atoms with Gasteiger partial charge in [-0.15, -0.1) is 11.3 Å². The van der Waals surface area contributed by atoms with Gasteiger partial charge >= 0.3 is 12.2 Å². The van der Waals surface area contributed by atoms with Crippen LogP contribution in [0.15, 0.2) is 41.8 Å². The van der Waals surface area contributed by atoms with E-state index < -0.39 is 17.8 Å². The number of benzene rings is 1. The average molecular weight is 286 g/mol. The van der Waals surface area contributed by atoms with E-state index in [4.69, 9.17) is 0 Å². The van der Waals surface area contributed by atoms with Crippen LogP contribution in [-0.4, -0.2) is 6.03 Å². The van der Waals surface area contributed by atoms with Crippen molar-refractivity contribution in [3.8, 4) is 0 Å². The maximum absolute atomic E-state index is 12.3. The topological polar surface area (TPSA) is 41.1 Å². The lowest BCUT2D eigenvalue weighted by molar-refractivity contribution is -0.137. The summed E-state index contributed by atoms with van der Waals surface area (Å²) in [5.41, 5.74) is -0.459. The average Bonchev–Trinajstić information content (AvgIpc) is 2.81. The molecule has 0 spiro atoms. The Morgan fingerprint density at radius 3 is 2.26 bits per heavy atom. The highest BCUT2D eigenvalue weighted by molar-refractivity contribution is 7.14. The number of carbonyl (C=O) groups excluding carboxylic acids is 1. The molecule has 0 aliphatic carbocycles. The van der Waals surface area contributed by atoms with Crippen LogP contribution in [0.2, 0.25) is 0 Å². The van der Waals surface area contributed by atoms with Crippen LogP contribution >= 0.6 is 11.3 Å². The SMILES string of the molecule is O=C(Nc1ccc(C(F)(F)F)cc1)Nc1cccs1. The Labute approximate surface area is 111 Å². The number of rotatable bonds is 2. The summed E-state index contributed by atoms with van der Waals surface area (Å²) in [6, 6.07) is 7.24. The lowest BCUT2D eigenvalue weighted by atomic mass is 10.2. The van der Waals surface area contributed by atoms with E-state index in [-0.39, 0.29) is 0 Å². The van der Waals surface area contributed by atoms with Gasteiger partial charge in [-0.05, 0) is 41.8 Å². The minimum atomic E-state index is -4.38. The summed E-state index contributed by atoms with van der Waals surface area (Å²) in [7, 11) is 0. The number of carbonyl (C=O) groups is 1. The van der Waals surface area contributed by atoms with Gasteiger partial charge in [-0.3, -0.25) is 5.32 Å². The van der Waals surface area contributed by atoms with Crippen LogP contribution in [0.25, 0.3) is 0 Å². The molecular formula is C12H9F3N2OS. The number of thiophene rings is 1. The fourth-order valence-electron chi connectivity index (χ4n) is 1.37. The molecule has 1 aromatic carbocycles. The second-order valence-electron chi connectivity index (χ2n) is 3.63. The van der Waals surface area contributed by atoms with Gasteiger partial charge in [0, 0.05) is 5.69 Å². The monoisotopic (exact) mass is 286 g/mol. The second-order valence-corrected chi connectivity index (χ2v) is 4.58. The zero-order chi connectivity index (χ0) is 13.9. The highest BCUT2D eigenvalue weighted by Gasteiger charge is 2.29. The predicted molar refractivity (Wildman–Crippen MR) is 68.4 cm³/mol. The number of alkyl halides is 3. The van der Waals surface area contributed by atoms with Gasteiger partial charge in [-0.25, -0.2) is 4.79 Å². The summed E-state index contributed by atoms with van der Waals surface area (Å²) in [6.45, 7) is 0. The normalized spacial score (nSPS) is 11.1. The third-order valence-electron chi connectivity index (χ3n) is 2.23. The van der Waals surface area contributed by atoms with Crippen LogP contribution in [0.5, 0.6) is 0 Å². The molecule has 2 aromatic rings. The quantitative estimate of drug-likeness (QED) is 0.843. The number of hydrogen-bond acceptors (Lipinski definition) is 2. The van der Waals surface area contributed by atoms with Gasteiger partial charge in [0.25, 0.3) is 0 Å². The summed E-state index contributed by atoms with van der Waals surface area (Å²) in [4.78, 5) is 11.5. The molecule has 2 amide bonds. The van der Waals surface area contributed by atoms with Crippen molar-refractivity contribution in [2.45, 2.75) is 6.18 Å². The zero-order valence-electron chi connectivity index (χ0n) is 9.49. The van der Waals surface area contributed by atoms with Gasteiger partial charge in [-0.1, -0.05) is 0 Å². The van der Waals surface area contributed by atoms with Crippen molar-refractivity contribution in [3.63, 3.8) is 0 Å². The number of hydrogen-bond donors (Lipinski definition) is 2. The van der Waals surface area contributed by atoms with Crippen molar-refractivity contribution >= 4 is 28.1 Å². The van der Waals surface area contributed by atoms with Crippen LogP contribution in [0.4, 0.5) is 28.7 Å². The molecule has 0 atom stereocenters. The van der Waals surface area contributed by atoms with Gasteiger partial charge < -0.3 is 5.32 Å². The maximum atomic E-state index is 12.3. The van der Waals surface area contributed by atoms with Crippen molar-refractivity contribution in [2.24, 2.45) is 0 Å². The van der Waals surface area contributed by atoms with Crippen molar-refractivity contribution in [3.05, 3.63) is 47.3 Å². The Bertz CT molecular complexity index is 549. The molecule has 7 heteroatoms. The van der Waals surface area contributed by atoms with Crippen LogP contribution in [0, 0.1) is 0 Å². The standard InChI is InChI=1S/C12H9F3N2OS/c13-12(14,15)8-3-5-9(6-4-8)16-11(18)17-10-2-1-7-19-10/h1-7H,(H2,16,17,18). The van der Waals surface area contributed by atoms with Crippen molar-refractivity contribution in [1.82, 2.24) is 0 Å². The minimum Gasteiger partial charge on any atom is -0.308 e. The van der Waals surface area contributed by atoms with E-state index in [0.29, 0.717) is 10.7 Å². The van der Waals surface area contributed by atoms with Crippen molar-refractivity contribution in [1.29, 1.82) is 0 Å². The fourth-order valence-corrected chi connectivity index (χ4v) is 1.98. The third-order valence-corrected chi connectivity index (χ3v) is 3.01. The molecule has 0 unspecified atom stereocenters. The molecule has 0 saturated heterocycles. The lowest BCUT2D eigenvalue weighted by Gasteiger charge is -2.09. The third kappa shape index (κ3) is 3.72. The van der Waals surface area contributed by atoms with Crippen LogP contribution in [-0.2, 0) is 6.18 Å². The molecule has 100 valence electrons. The van der Waals surface area contributed by atoms with E-state index in [9.17, 15) is 18.0 Å². The minimum absolute atomic E-state index is 0.294. The molecule has 0 fully saturated rings. The maximum Gasteiger partial charge on any atom is 0.416 e. The highest BCUT2D eigenvalue weighted by atomic mass is 32.1. The number of amides is 2. The highest BCUT2D eigenvalue weighted by Crippen LogP contribution is 2.29. The summed E-state index contributed by atoms with van der Waals surface area (Å²) >= 11 is 1.35. The molecule has 2 N–H and O–H groups in total. The lowest BCUT2D eigenvalue weighted by Crippen LogP contribution is -2.18. The summed E-state index contributed by atoms with van der Waals surface area (Å²) in [5, 5.41) is 7.47. The van der Waals surface area contributed by atoms with Gasteiger partial charge in [0.05, 0.1) is 10.6 Å². The van der Waals surface area contributed by atoms with Crippen LogP contribution in [0.3, 0.4) is 0 Å².